The van der Waals surface area contributed by atoms with Gasteiger partial charge in [-0.05, 0) is 29.7 Å². The number of nitrogens with two attached hydrogens (primary N) is 1. The van der Waals surface area contributed by atoms with Gasteiger partial charge in [0.15, 0.2) is 6.04 Å². The maximum atomic E-state index is 13.4. The van der Waals surface area contributed by atoms with Crippen molar-refractivity contribution in [2.45, 2.75) is 30.8 Å². The Labute approximate surface area is 163 Å². The summed E-state index contributed by atoms with van der Waals surface area (Å²) in [5.41, 5.74) is 4.32. The molecule has 2 aromatic carbocycles. The standard InChI is InChI=1S/C19H18F4N2O4/c20-13-7-6-11(9-12(13)19(21,22)23)15(18(28)29)25-17(27)16(26)14(24)8-10-4-2-1-3-5-10/h1-7,9,14-16,26H,8,24H2,(H,25,27)(H,28,29)/t14-,15-,16+/m1/s1. The van der Waals surface area contributed by atoms with E-state index in [1.165, 1.54) is 0 Å². The highest BCUT2D eigenvalue weighted by molar-refractivity contribution is 5.87. The summed E-state index contributed by atoms with van der Waals surface area (Å²) in [6, 6.07) is 7.15. The Bertz CT molecular complexity index is 874. The number of aliphatic hydroxyl groups is 1. The summed E-state index contributed by atoms with van der Waals surface area (Å²) in [5, 5.41) is 21.3. The molecule has 5 N–H and O–H groups in total. The van der Waals surface area contributed by atoms with Crippen molar-refractivity contribution in [1.82, 2.24) is 5.32 Å². The van der Waals surface area contributed by atoms with Crippen LogP contribution in [0.4, 0.5) is 17.6 Å². The average Bonchev–Trinajstić information content (AvgIpc) is 2.65. The first-order chi connectivity index (χ1) is 13.5. The number of hydrogen-bond acceptors (Lipinski definition) is 4. The van der Waals surface area contributed by atoms with E-state index in [0.717, 1.165) is 11.6 Å². The number of aliphatic hydroxyl groups excluding tert-OH is 1. The smallest absolute Gasteiger partial charge is 0.419 e. The summed E-state index contributed by atoms with van der Waals surface area (Å²) in [7, 11) is 0. The number of amides is 1. The van der Waals surface area contributed by atoms with Gasteiger partial charge in [-0.1, -0.05) is 36.4 Å². The molecule has 0 bridgehead atoms. The zero-order chi connectivity index (χ0) is 21.8. The molecule has 0 aromatic heterocycles. The van der Waals surface area contributed by atoms with Crippen LogP contribution in [0, 0.1) is 5.82 Å². The normalized spacial score (nSPS) is 14.7. The van der Waals surface area contributed by atoms with E-state index >= 15 is 0 Å². The lowest BCUT2D eigenvalue weighted by molar-refractivity contribution is -0.144. The molecule has 0 aliphatic carbocycles. The van der Waals surface area contributed by atoms with Crippen LogP contribution < -0.4 is 11.1 Å². The number of halogens is 4. The van der Waals surface area contributed by atoms with Crippen LogP contribution in [-0.2, 0) is 22.2 Å². The quantitative estimate of drug-likeness (QED) is 0.518. The third kappa shape index (κ3) is 5.75. The first-order valence-corrected chi connectivity index (χ1v) is 8.38. The Hall–Kier alpha value is -2.98. The van der Waals surface area contributed by atoms with Crippen molar-refractivity contribution in [3.05, 3.63) is 71.0 Å². The highest BCUT2D eigenvalue weighted by Gasteiger charge is 2.36. The first kappa shape index (κ1) is 22.3. The van der Waals surface area contributed by atoms with E-state index in [1.54, 1.807) is 30.3 Å². The van der Waals surface area contributed by atoms with Crippen molar-refractivity contribution in [3.8, 4) is 0 Å². The molecule has 10 heteroatoms. The van der Waals surface area contributed by atoms with Crippen molar-refractivity contribution < 1.29 is 37.4 Å². The monoisotopic (exact) mass is 414 g/mol. The molecule has 0 unspecified atom stereocenters. The van der Waals surface area contributed by atoms with Crippen LogP contribution in [0.3, 0.4) is 0 Å². The number of alkyl halides is 3. The predicted molar refractivity (Wildman–Crippen MR) is 94.0 cm³/mol. The number of carbonyl (C=O) groups excluding carboxylic acids is 1. The van der Waals surface area contributed by atoms with E-state index in [-0.39, 0.29) is 6.42 Å². The Morgan fingerprint density at radius 3 is 2.28 bits per heavy atom. The number of aliphatic carboxylic acids is 1. The van der Waals surface area contributed by atoms with E-state index < -0.39 is 53.2 Å². The number of nitrogens with one attached hydrogen (secondary N) is 1. The lowest BCUT2D eigenvalue weighted by Gasteiger charge is -2.22. The van der Waals surface area contributed by atoms with Crippen molar-refractivity contribution in [3.63, 3.8) is 0 Å². The predicted octanol–water partition coefficient (Wildman–Crippen LogP) is 2.02. The average molecular weight is 414 g/mol. The topological polar surface area (TPSA) is 113 Å². The third-order valence-electron chi connectivity index (χ3n) is 4.15. The van der Waals surface area contributed by atoms with Crippen molar-refractivity contribution in [1.29, 1.82) is 0 Å². The second-order valence-electron chi connectivity index (χ2n) is 6.32. The van der Waals surface area contributed by atoms with Crippen LogP contribution in [0.5, 0.6) is 0 Å². The number of hydrogen-bond donors (Lipinski definition) is 4. The number of carbonyl (C=O) groups is 2. The molecule has 0 aliphatic heterocycles. The fraction of sp³-hybridized carbons (Fsp3) is 0.263. The van der Waals surface area contributed by atoms with Crippen molar-refractivity contribution >= 4 is 11.9 Å². The fourth-order valence-electron chi connectivity index (χ4n) is 2.65. The van der Waals surface area contributed by atoms with Gasteiger partial charge in [-0.2, -0.15) is 13.2 Å². The zero-order valence-electron chi connectivity index (χ0n) is 14.9. The van der Waals surface area contributed by atoms with Gasteiger partial charge in [-0.25, -0.2) is 9.18 Å². The molecule has 2 rings (SSSR count). The number of carboxylic acids is 1. The number of carboxylic acid groups (broad SMARTS) is 1. The summed E-state index contributed by atoms with van der Waals surface area (Å²) < 4.78 is 52.0. The maximum Gasteiger partial charge on any atom is 0.419 e. The zero-order valence-corrected chi connectivity index (χ0v) is 14.9. The van der Waals surface area contributed by atoms with Gasteiger partial charge in [-0.3, -0.25) is 4.79 Å². The van der Waals surface area contributed by atoms with Crippen LogP contribution in [0.1, 0.15) is 22.7 Å². The second-order valence-corrected chi connectivity index (χ2v) is 6.32. The Kier molecular flexibility index (Phi) is 6.93. The number of benzene rings is 2. The molecular formula is C19H18F4N2O4. The van der Waals surface area contributed by atoms with Gasteiger partial charge < -0.3 is 21.3 Å². The Morgan fingerprint density at radius 1 is 1.10 bits per heavy atom. The third-order valence-corrected chi connectivity index (χ3v) is 4.15. The lowest BCUT2D eigenvalue weighted by Crippen LogP contribution is -2.49. The second kappa shape index (κ2) is 9.01. The van der Waals surface area contributed by atoms with E-state index in [9.17, 15) is 37.4 Å². The molecule has 156 valence electrons. The molecule has 0 aliphatic rings. The van der Waals surface area contributed by atoms with Crippen LogP contribution in [0.25, 0.3) is 0 Å². The van der Waals surface area contributed by atoms with Crippen LogP contribution in [0.2, 0.25) is 0 Å². The fourth-order valence-corrected chi connectivity index (χ4v) is 2.65. The Balaban J connectivity index is 2.18. The van der Waals surface area contributed by atoms with Crippen LogP contribution in [-0.4, -0.2) is 34.2 Å². The maximum absolute atomic E-state index is 13.4. The van der Waals surface area contributed by atoms with Gasteiger partial charge >= 0.3 is 12.1 Å². The SMILES string of the molecule is N[C@H](Cc1ccccc1)[C@H](O)C(=O)N[C@@H](C(=O)O)c1ccc(F)c(C(F)(F)F)c1. The van der Waals surface area contributed by atoms with Gasteiger partial charge in [0.25, 0.3) is 5.91 Å². The molecule has 0 spiro atoms. The van der Waals surface area contributed by atoms with Gasteiger partial charge in [0, 0.05) is 6.04 Å². The van der Waals surface area contributed by atoms with Crippen molar-refractivity contribution in [2.24, 2.45) is 5.73 Å². The minimum atomic E-state index is -5.05. The summed E-state index contributed by atoms with van der Waals surface area (Å²) in [6.45, 7) is 0. The first-order valence-electron chi connectivity index (χ1n) is 8.38. The van der Waals surface area contributed by atoms with E-state index in [4.69, 9.17) is 5.73 Å². The highest BCUT2D eigenvalue weighted by Crippen LogP contribution is 2.33. The van der Waals surface area contributed by atoms with E-state index in [2.05, 4.69) is 0 Å². The van der Waals surface area contributed by atoms with E-state index in [1.807, 2.05) is 5.32 Å². The molecule has 0 fully saturated rings. The molecule has 1 amide bonds. The number of rotatable bonds is 7. The summed E-state index contributed by atoms with van der Waals surface area (Å²) in [6.07, 6.45) is -6.77. The largest absolute Gasteiger partial charge is 0.479 e. The van der Waals surface area contributed by atoms with E-state index in [0.29, 0.717) is 12.1 Å². The molecule has 3 atom stereocenters. The van der Waals surface area contributed by atoms with Crippen LogP contribution in [0.15, 0.2) is 48.5 Å². The van der Waals surface area contributed by atoms with Gasteiger partial charge in [0.05, 0.1) is 5.56 Å². The minimum absolute atomic E-state index is 0.0991. The molecule has 29 heavy (non-hydrogen) atoms. The lowest BCUT2D eigenvalue weighted by atomic mass is 10.00. The van der Waals surface area contributed by atoms with Crippen molar-refractivity contribution in [2.75, 3.05) is 0 Å². The molecule has 2 aromatic rings. The van der Waals surface area contributed by atoms with Gasteiger partial charge in [0.1, 0.15) is 11.9 Å². The molecular weight excluding hydrogens is 396 g/mol. The molecule has 0 heterocycles. The Morgan fingerprint density at radius 2 is 1.72 bits per heavy atom. The minimum Gasteiger partial charge on any atom is -0.479 e. The molecule has 6 nitrogen and oxygen atoms in total. The van der Waals surface area contributed by atoms with Gasteiger partial charge in [-0.15, -0.1) is 0 Å². The molecule has 0 radical (unpaired) electrons. The van der Waals surface area contributed by atoms with Gasteiger partial charge in [0.2, 0.25) is 0 Å². The highest BCUT2D eigenvalue weighted by atomic mass is 19.4. The van der Waals surface area contributed by atoms with Crippen LogP contribution >= 0.6 is 0 Å². The summed E-state index contributed by atoms with van der Waals surface area (Å²) in [5.74, 6) is -4.46. The summed E-state index contributed by atoms with van der Waals surface area (Å²) >= 11 is 0. The summed E-state index contributed by atoms with van der Waals surface area (Å²) in [4.78, 5) is 23.7. The molecule has 0 saturated heterocycles. The molecule has 0 saturated carbocycles.